The van der Waals surface area contributed by atoms with Crippen molar-refractivity contribution in [2.75, 3.05) is 31.6 Å². The van der Waals surface area contributed by atoms with Gasteiger partial charge in [0.2, 0.25) is 0 Å². The van der Waals surface area contributed by atoms with Crippen LogP contribution in [0.25, 0.3) is 0 Å². The number of ketones is 1. The normalized spacial score (nSPS) is 13.6. The van der Waals surface area contributed by atoms with Gasteiger partial charge in [0, 0.05) is 25.7 Å². The van der Waals surface area contributed by atoms with Gasteiger partial charge in [-0.25, -0.2) is 9.97 Å². The number of morpholine rings is 1. The van der Waals surface area contributed by atoms with Crippen LogP contribution in [0.4, 0.5) is 11.6 Å². The van der Waals surface area contributed by atoms with Gasteiger partial charge in [-0.15, -0.1) is 0 Å². The van der Waals surface area contributed by atoms with Crippen LogP contribution in [0.2, 0.25) is 10.0 Å². The van der Waals surface area contributed by atoms with Gasteiger partial charge in [0.05, 0.1) is 41.2 Å². The van der Waals surface area contributed by atoms with E-state index in [1.807, 2.05) is 0 Å². The fourth-order valence-corrected chi connectivity index (χ4v) is 3.89. The van der Waals surface area contributed by atoms with Crippen molar-refractivity contribution in [3.63, 3.8) is 0 Å². The molecule has 164 valence electrons. The maximum absolute atomic E-state index is 12.7. The van der Waals surface area contributed by atoms with Crippen LogP contribution in [0.1, 0.15) is 26.4 Å². The topological polar surface area (TPSA) is 97.3 Å². The quantitative estimate of drug-likeness (QED) is 0.545. The van der Waals surface area contributed by atoms with Crippen LogP contribution >= 0.6 is 23.2 Å². The molecule has 0 bridgehead atoms. The van der Waals surface area contributed by atoms with Crippen LogP contribution in [0.3, 0.4) is 0 Å². The summed E-state index contributed by atoms with van der Waals surface area (Å²) < 4.78 is 5.28. The van der Waals surface area contributed by atoms with Crippen molar-refractivity contribution < 1.29 is 14.3 Å². The highest BCUT2D eigenvalue weighted by molar-refractivity contribution is 6.39. The first-order valence-corrected chi connectivity index (χ1v) is 10.6. The molecule has 1 N–H and O–H groups in total. The molecule has 1 aromatic carbocycles. The fourth-order valence-electron chi connectivity index (χ4n) is 3.28. The van der Waals surface area contributed by atoms with Crippen molar-refractivity contribution in [1.29, 1.82) is 0 Å². The Labute approximate surface area is 194 Å². The molecular weight excluding hydrogens is 453 g/mol. The molecule has 0 spiro atoms. The molecule has 1 amide bonds. The van der Waals surface area contributed by atoms with E-state index in [-0.39, 0.29) is 23.8 Å². The monoisotopic (exact) mass is 471 g/mol. The lowest BCUT2D eigenvalue weighted by molar-refractivity contribution is 0.0299. The number of aromatic nitrogens is 3. The number of anilines is 2. The number of Topliss-reactive ketones (excluding diaryl/α,β-unsaturated/α-hetero) is 1. The van der Waals surface area contributed by atoms with Crippen molar-refractivity contribution in [2.45, 2.75) is 6.42 Å². The molecule has 0 unspecified atom stereocenters. The molecule has 1 saturated heterocycles. The Balaban J connectivity index is 1.47. The second-order valence-electron chi connectivity index (χ2n) is 7.07. The summed E-state index contributed by atoms with van der Waals surface area (Å²) in [6.45, 7) is 2.05. The highest BCUT2D eigenvalue weighted by Crippen LogP contribution is 2.26. The number of carbonyl (C=O) groups excluding carboxylic acids is 2. The minimum atomic E-state index is -0.201. The number of hydrogen-bond acceptors (Lipinski definition) is 7. The Morgan fingerprint density at radius 3 is 2.56 bits per heavy atom. The molecule has 0 saturated carbocycles. The van der Waals surface area contributed by atoms with E-state index in [0.717, 1.165) is 5.56 Å². The van der Waals surface area contributed by atoms with Gasteiger partial charge in [-0.3, -0.25) is 14.6 Å². The predicted octanol–water partition coefficient (Wildman–Crippen LogP) is 3.82. The fraction of sp³-hybridized carbons (Fsp3) is 0.227. The number of benzene rings is 1. The van der Waals surface area contributed by atoms with E-state index in [9.17, 15) is 9.59 Å². The molecule has 3 aromatic rings. The van der Waals surface area contributed by atoms with Gasteiger partial charge in [0.1, 0.15) is 11.5 Å². The van der Waals surface area contributed by atoms with E-state index in [2.05, 4.69) is 20.3 Å². The van der Waals surface area contributed by atoms with Gasteiger partial charge in [-0.1, -0.05) is 29.3 Å². The second-order valence-corrected chi connectivity index (χ2v) is 7.88. The maximum atomic E-state index is 12.7. The summed E-state index contributed by atoms with van der Waals surface area (Å²) in [5.74, 6) is 0.434. The molecule has 4 rings (SSSR count). The van der Waals surface area contributed by atoms with Crippen molar-refractivity contribution >= 4 is 46.5 Å². The number of halogens is 2. The summed E-state index contributed by atoms with van der Waals surface area (Å²) in [5, 5.41) is 3.66. The van der Waals surface area contributed by atoms with Gasteiger partial charge < -0.3 is 15.0 Å². The summed E-state index contributed by atoms with van der Waals surface area (Å²) in [6.07, 6.45) is 4.61. The molecule has 0 radical (unpaired) electrons. The summed E-state index contributed by atoms with van der Waals surface area (Å²) in [6, 6.07) is 8.40. The molecule has 3 heterocycles. The van der Waals surface area contributed by atoms with Crippen LogP contribution in [-0.2, 0) is 11.2 Å². The van der Waals surface area contributed by atoms with Crippen LogP contribution in [0.5, 0.6) is 0 Å². The highest BCUT2D eigenvalue weighted by Gasteiger charge is 2.20. The first-order chi connectivity index (χ1) is 15.5. The molecule has 0 aliphatic carbocycles. The van der Waals surface area contributed by atoms with Crippen LogP contribution in [-0.4, -0.2) is 57.8 Å². The minimum Gasteiger partial charge on any atom is -0.378 e. The Kier molecular flexibility index (Phi) is 6.94. The molecular formula is C22H19Cl2N5O3. The summed E-state index contributed by atoms with van der Waals surface area (Å²) in [5.41, 5.74) is 1.25. The van der Waals surface area contributed by atoms with E-state index in [1.54, 1.807) is 41.4 Å². The molecule has 0 atom stereocenters. The van der Waals surface area contributed by atoms with E-state index >= 15 is 0 Å². The minimum absolute atomic E-state index is 0.0991. The molecule has 1 aliphatic heterocycles. The lowest BCUT2D eigenvalue weighted by Crippen LogP contribution is -2.41. The third-order valence-electron chi connectivity index (χ3n) is 4.84. The second kappa shape index (κ2) is 10.0. The third-order valence-corrected chi connectivity index (χ3v) is 5.47. The van der Waals surface area contributed by atoms with E-state index in [4.69, 9.17) is 27.9 Å². The largest absolute Gasteiger partial charge is 0.378 e. The van der Waals surface area contributed by atoms with Crippen molar-refractivity contribution in [1.82, 2.24) is 19.9 Å². The molecule has 1 fully saturated rings. The Morgan fingerprint density at radius 2 is 1.81 bits per heavy atom. The lowest BCUT2D eigenvalue weighted by atomic mass is 10.0. The van der Waals surface area contributed by atoms with Crippen molar-refractivity contribution in [2.24, 2.45) is 0 Å². The number of carbonyl (C=O) groups is 2. The molecule has 10 heteroatoms. The predicted molar refractivity (Wildman–Crippen MR) is 121 cm³/mol. The van der Waals surface area contributed by atoms with Gasteiger partial charge in [-0.2, -0.15) is 0 Å². The van der Waals surface area contributed by atoms with Gasteiger partial charge >= 0.3 is 0 Å². The molecule has 2 aromatic heterocycles. The lowest BCUT2D eigenvalue weighted by Gasteiger charge is -2.26. The third kappa shape index (κ3) is 5.21. The number of amides is 1. The van der Waals surface area contributed by atoms with E-state index < -0.39 is 0 Å². The average molecular weight is 472 g/mol. The Morgan fingerprint density at radius 1 is 1.06 bits per heavy atom. The van der Waals surface area contributed by atoms with Gasteiger partial charge in [0.15, 0.2) is 11.6 Å². The van der Waals surface area contributed by atoms with Crippen LogP contribution in [0.15, 0.2) is 48.9 Å². The van der Waals surface area contributed by atoms with Crippen molar-refractivity contribution in [3.05, 3.63) is 75.8 Å². The molecule has 8 nitrogen and oxygen atoms in total. The van der Waals surface area contributed by atoms with Crippen LogP contribution < -0.4 is 5.32 Å². The average Bonchev–Trinajstić information content (AvgIpc) is 2.79. The Bertz CT molecular complexity index is 1130. The zero-order chi connectivity index (χ0) is 22.5. The first-order valence-electron chi connectivity index (χ1n) is 9.89. The number of hydrogen-bond donors (Lipinski definition) is 1. The van der Waals surface area contributed by atoms with Gasteiger partial charge in [-0.05, 0) is 29.8 Å². The summed E-state index contributed by atoms with van der Waals surface area (Å²) in [7, 11) is 0. The highest BCUT2D eigenvalue weighted by atomic mass is 35.5. The number of nitrogens with zero attached hydrogens (tertiary/aromatic N) is 4. The summed E-state index contributed by atoms with van der Waals surface area (Å²) in [4.78, 5) is 39.8. The number of pyridine rings is 1. The first kappa shape index (κ1) is 22.1. The number of ether oxygens (including phenoxy) is 1. The molecule has 1 aliphatic rings. The van der Waals surface area contributed by atoms with Crippen molar-refractivity contribution in [3.8, 4) is 0 Å². The SMILES string of the molecule is O=C(Cc1ccnc(Nc2cncc(C(=O)N3CCOCC3)n2)c1)c1c(Cl)cccc1Cl. The standard InChI is InChI=1S/C22H19Cl2N5O3/c23-15-2-1-3-16(24)21(15)18(30)10-14-4-5-26-19(11-14)28-20-13-25-12-17(27-20)22(31)29-6-8-32-9-7-29/h1-5,11-13H,6-10H2,(H,26,27,28). The summed E-state index contributed by atoms with van der Waals surface area (Å²) >= 11 is 12.3. The number of nitrogens with one attached hydrogen (secondary N) is 1. The van der Waals surface area contributed by atoms with E-state index in [1.165, 1.54) is 12.4 Å². The van der Waals surface area contributed by atoms with Crippen LogP contribution in [0, 0.1) is 0 Å². The number of rotatable bonds is 6. The zero-order valence-corrected chi connectivity index (χ0v) is 18.4. The smallest absolute Gasteiger partial charge is 0.274 e. The van der Waals surface area contributed by atoms with Gasteiger partial charge in [0.25, 0.3) is 5.91 Å². The zero-order valence-electron chi connectivity index (χ0n) is 16.9. The molecule has 32 heavy (non-hydrogen) atoms. The maximum Gasteiger partial charge on any atom is 0.274 e. The van der Waals surface area contributed by atoms with E-state index in [0.29, 0.717) is 53.5 Å². The Hall–Kier alpha value is -3.07.